The molecule has 0 saturated carbocycles. The molecular weight excluding hydrogens is 166 g/mol. The van der Waals surface area contributed by atoms with Crippen molar-refractivity contribution in [3.05, 3.63) is 23.8 Å². The Morgan fingerprint density at radius 3 is 2.08 bits per heavy atom. The lowest BCUT2D eigenvalue weighted by Crippen LogP contribution is -2.04. The van der Waals surface area contributed by atoms with Gasteiger partial charge in [-0.05, 0) is 24.6 Å². The maximum atomic E-state index is 9.04. The normalized spacial score (nSPS) is 11.4. The molecule has 0 amide bonds. The smallest absolute Gasteiger partial charge is 0.157 e. The second-order valence-electron chi connectivity index (χ2n) is 2.54. The average molecular weight is 183 g/mol. The molecule has 4 N–H and O–H groups in total. The highest BCUT2D eigenvalue weighted by Gasteiger charge is 2.02. The predicted octanol–water partition coefficient (Wildman–Crippen LogP) is 2.14. The van der Waals surface area contributed by atoms with E-state index in [0.717, 1.165) is 5.56 Å². The largest absolute Gasteiger partial charge is 0.504 e. The molecule has 13 heavy (non-hydrogen) atoms. The molecule has 0 spiro atoms. The zero-order chi connectivity index (χ0) is 10.4. The Morgan fingerprint density at radius 2 is 1.69 bits per heavy atom. The lowest BCUT2D eigenvalue weighted by molar-refractivity contribution is 0.403. The van der Waals surface area contributed by atoms with E-state index in [1.54, 1.807) is 6.07 Å². The van der Waals surface area contributed by atoms with Crippen molar-refractivity contribution < 1.29 is 10.2 Å². The maximum absolute atomic E-state index is 9.04. The zero-order valence-corrected chi connectivity index (χ0v) is 8.28. The van der Waals surface area contributed by atoms with Crippen molar-refractivity contribution in [2.24, 2.45) is 5.73 Å². The minimum Gasteiger partial charge on any atom is -0.504 e. The summed E-state index contributed by atoms with van der Waals surface area (Å²) in [6.45, 7) is 5.81. The Bertz CT molecular complexity index is 259. The van der Waals surface area contributed by atoms with Gasteiger partial charge in [-0.1, -0.05) is 19.9 Å². The van der Waals surface area contributed by atoms with E-state index < -0.39 is 0 Å². The van der Waals surface area contributed by atoms with Gasteiger partial charge in [0, 0.05) is 6.04 Å². The van der Waals surface area contributed by atoms with Gasteiger partial charge in [0.15, 0.2) is 11.5 Å². The molecule has 0 unspecified atom stereocenters. The highest BCUT2D eigenvalue weighted by Crippen LogP contribution is 2.26. The fourth-order valence-electron chi connectivity index (χ4n) is 0.824. The topological polar surface area (TPSA) is 66.5 Å². The van der Waals surface area contributed by atoms with Crippen LogP contribution in [-0.2, 0) is 0 Å². The highest BCUT2D eigenvalue weighted by atomic mass is 16.3. The first-order valence-corrected chi connectivity index (χ1v) is 4.38. The van der Waals surface area contributed by atoms with Crippen molar-refractivity contribution in [3.8, 4) is 11.5 Å². The molecule has 3 heteroatoms. The van der Waals surface area contributed by atoms with E-state index in [1.165, 1.54) is 12.1 Å². The summed E-state index contributed by atoms with van der Waals surface area (Å²) in [7, 11) is 0. The van der Waals surface area contributed by atoms with Gasteiger partial charge < -0.3 is 15.9 Å². The maximum Gasteiger partial charge on any atom is 0.157 e. The molecule has 0 aromatic heterocycles. The van der Waals surface area contributed by atoms with Gasteiger partial charge >= 0.3 is 0 Å². The summed E-state index contributed by atoms with van der Waals surface area (Å²) in [5.74, 6) is -0.241. The number of phenols is 2. The standard InChI is InChI=1S/C8H11NO2.C2H6/c1-5(9)6-2-3-7(10)8(11)4-6;1-2/h2-5,10-11H,9H2,1H3;1-2H3/t5-;/m1./s1. The van der Waals surface area contributed by atoms with Crippen LogP contribution in [0.25, 0.3) is 0 Å². The third kappa shape index (κ3) is 3.34. The Morgan fingerprint density at radius 1 is 1.15 bits per heavy atom. The Hall–Kier alpha value is -1.22. The molecule has 74 valence electrons. The number of hydrogen-bond acceptors (Lipinski definition) is 3. The molecule has 1 rings (SSSR count). The summed E-state index contributed by atoms with van der Waals surface area (Å²) in [5, 5.41) is 18.0. The summed E-state index contributed by atoms with van der Waals surface area (Å²) in [4.78, 5) is 0. The molecule has 0 aliphatic rings. The van der Waals surface area contributed by atoms with Crippen LogP contribution in [0.5, 0.6) is 11.5 Å². The summed E-state index contributed by atoms with van der Waals surface area (Å²) in [5.41, 5.74) is 6.35. The quantitative estimate of drug-likeness (QED) is 0.584. The first kappa shape index (κ1) is 11.8. The van der Waals surface area contributed by atoms with Crippen LogP contribution in [0.15, 0.2) is 18.2 Å². The Labute approximate surface area is 78.8 Å². The Balaban J connectivity index is 0.000000671. The van der Waals surface area contributed by atoms with E-state index in [2.05, 4.69) is 0 Å². The molecule has 0 heterocycles. The second kappa shape index (κ2) is 5.43. The molecule has 1 aromatic carbocycles. The van der Waals surface area contributed by atoms with Crippen LogP contribution < -0.4 is 5.73 Å². The molecule has 0 aliphatic heterocycles. The van der Waals surface area contributed by atoms with Crippen molar-refractivity contribution in [2.45, 2.75) is 26.8 Å². The molecular formula is C10H17NO2. The fourth-order valence-corrected chi connectivity index (χ4v) is 0.824. The number of benzene rings is 1. The van der Waals surface area contributed by atoms with Crippen LogP contribution in [0.2, 0.25) is 0 Å². The minimum atomic E-state index is -0.125. The highest BCUT2D eigenvalue weighted by molar-refractivity contribution is 5.41. The van der Waals surface area contributed by atoms with E-state index in [1.807, 2.05) is 20.8 Å². The monoisotopic (exact) mass is 183 g/mol. The van der Waals surface area contributed by atoms with Gasteiger partial charge in [-0.25, -0.2) is 0 Å². The van der Waals surface area contributed by atoms with E-state index in [9.17, 15) is 0 Å². The minimum absolute atomic E-state index is 0.116. The predicted molar refractivity (Wildman–Crippen MR) is 53.7 cm³/mol. The van der Waals surface area contributed by atoms with Crippen LogP contribution in [0.3, 0.4) is 0 Å². The lowest BCUT2D eigenvalue weighted by Gasteiger charge is -2.05. The molecule has 0 bridgehead atoms. The number of phenolic OH excluding ortho intramolecular Hbond substituents is 2. The first-order valence-electron chi connectivity index (χ1n) is 4.38. The van der Waals surface area contributed by atoms with Gasteiger partial charge in [0.2, 0.25) is 0 Å². The van der Waals surface area contributed by atoms with Gasteiger partial charge in [0.1, 0.15) is 0 Å². The van der Waals surface area contributed by atoms with E-state index in [4.69, 9.17) is 15.9 Å². The number of aromatic hydroxyl groups is 2. The van der Waals surface area contributed by atoms with Crippen molar-refractivity contribution in [1.82, 2.24) is 0 Å². The third-order valence-corrected chi connectivity index (χ3v) is 1.53. The summed E-state index contributed by atoms with van der Waals surface area (Å²) in [6, 6.07) is 4.44. The SMILES string of the molecule is CC.C[C@@H](N)c1ccc(O)c(O)c1. The lowest BCUT2D eigenvalue weighted by atomic mass is 10.1. The van der Waals surface area contributed by atoms with Crippen LogP contribution in [-0.4, -0.2) is 10.2 Å². The number of nitrogens with two attached hydrogens (primary N) is 1. The van der Waals surface area contributed by atoms with Gasteiger partial charge in [-0.2, -0.15) is 0 Å². The molecule has 3 nitrogen and oxygen atoms in total. The summed E-state index contributed by atoms with van der Waals surface area (Å²) < 4.78 is 0. The molecule has 0 fully saturated rings. The van der Waals surface area contributed by atoms with E-state index in [0.29, 0.717) is 0 Å². The molecule has 0 aliphatic carbocycles. The summed E-state index contributed by atoms with van der Waals surface area (Å²) >= 11 is 0. The van der Waals surface area contributed by atoms with Crippen LogP contribution in [0.4, 0.5) is 0 Å². The van der Waals surface area contributed by atoms with Crippen LogP contribution in [0.1, 0.15) is 32.4 Å². The van der Waals surface area contributed by atoms with Crippen molar-refractivity contribution >= 4 is 0 Å². The van der Waals surface area contributed by atoms with E-state index >= 15 is 0 Å². The molecule has 1 atom stereocenters. The van der Waals surface area contributed by atoms with Gasteiger partial charge in [0.05, 0.1) is 0 Å². The summed E-state index contributed by atoms with van der Waals surface area (Å²) in [6.07, 6.45) is 0. The van der Waals surface area contributed by atoms with Crippen LogP contribution in [0, 0.1) is 0 Å². The van der Waals surface area contributed by atoms with Gasteiger partial charge in [-0.3, -0.25) is 0 Å². The molecule has 0 saturated heterocycles. The Kier molecular flexibility index (Phi) is 4.92. The first-order chi connectivity index (χ1) is 6.11. The molecule has 1 aromatic rings. The van der Waals surface area contributed by atoms with Gasteiger partial charge in [-0.15, -0.1) is 0 Å². The fraction of sp³-hybridized carbons (Fsp3) is 0.400. The van der Waals surface area contributed by atoms with Crippen LogP contribution >= 0.6 is 0 Å². The van der Waals surface area contributed by atoms with Gasteiger partial charge in [0.25, 0.3) is 0 Å². The number of hydrogen-bond donors (Lipinski definition) is 3. The molecule has 0 radical (unpaired) electrons. The number of rotatable bonds is 1. The van der Waals surface area contributed by atoms with Crippen molar-refractivity contribution in [1.29, 1.82) is 0 Å². The van der Waals surface area contributed by atoms with Crippen molar-refractivity contribution in [2.75, 3.05) is 0 Å². The van der Waals surface area contributed by atoms with Crippen molar-refractivity contribution in [3.63, 3.8) is 0 Å². The zero-order valence-electron chi connectivity index (χ0n) is 8.28. The average Bonchev–Trinajstić information content (AvgIpc) is 2.13. The third-order valence-electron chi connectivity index (χ3n) is 1.53. The van der Waals surface area contributed by atoms with E-state index in [-0.39, 0.29) is 17.5 Å². The second-order valence-corrected chi connectivity index (χ2v) is 2.54.